The van der Waals surface area contributed by atoms with E-state index in [-0.39, 0.29) is 30.6 Å². The molecule has 3 rings (SSSR count). The van der Waals surface area contributed by atoms with Crippen molar-refractivity contribution >= 4 is 11.9 Å². The molecule has 27 heavy (non-hydrogen) atoms. The van der Waals surface area contributed by atoms with Gasteiger partial charge in [-0.2, -0.15) is 0 Å². The van der Waals surface area contributed by atoms with Crippen molar-refractivity contribution in [3.8, 4) is 0 Å². The first-order chi connectivity index (χ1) is 13.0. The van der Waals surface area contributed by atoms with E-state index in [1.807, 2.05) is 49.9 Å². The summed E-state index contributed by atoms with van der Waals surface area (Å²) in [5, 5.41) is 2.80. The van der Waals surface area contributed by atoms with Gasteiger partial charge in [-0.1, -0.05) is 30.3 Å². The van der Waals surface area contributed by atoms with Gasteiger partial charge in [0.15, 0.2) is 0 Å². The van der Waals surface area contributed by atoms with Gasteiger partial charge in [0.25, 0.3) is 0 Å². The van der Waals surface area contributed by atoms with Gasteiger partial charge in [-0.25, -0.2) is 4.79 Å². The maximum atomic E-state index is 13.2. The fraction of sp³-hybridized carbons (Fsp3) is 0.429. The number of rotatable bonds is 5. The Kier molecular flexibility index (Phi) is 5.84. The van der Waals surface area contributed by atoms with E-state index in [1.165, 1.54) is 0 Å². The van der Waals surface area contributed by atoms with E-state index in [2.05, 4.69) is 34.3 Å². The summed E-state index contributed by atoms with van der Waals surface area (Å²) < 4.78 is 2.20. The van der Waals surface area contributed by atoms with Gasteiger partial charge in [-0.05, 0) is 38.5 Å². The van der Waals surface area contributed by atoms with Gasteiger partial charge in [0.1, 0.15) is 6.54 Å². The molecule has 0 fully saturated rings. The van der Waals surface area contributed by atoms with Crippen molar-refractivity contribution < 1.29 is 9.59 Å². The smallest absolute Gasteiger partial charge is 0.318 e. The topological polar surface area (TPSA) is 57.6 Å². The highest BCUT2D eigenvalue weighted by atomic mass is 16.2. The summed E-state index contributed by atoms with van der Waals surface area (Å²) in [6.45, 7) is 7.74. The van der Waals surface area contributed by atoms with Crippen molar-refractivity contribution in [1.29, 1.82) is 0 Å². The Labute approximate surface area is 160 Å². The first-order valence-electron chi connectivity index (χ1n) is 9.56. The van der Waals surface area contributed by atoms with Crippen molar-refractivity contribution in [2.24, 2.45) is 0 Å². The zero-order chi connectivity index (χ0) is 19.4. The predicted molar refractivity (Wildman–Crippen MR) is 105 cm³/mol. The Morgan fingerprint density at radius 2 is 1.89 bits per heavy atom. The maximum absolute atomic E-state index is 13.2. The van der Waals surface area contributed by atoms with Crippen LogP contribution in [0.5, 0.6) is 0 Å². The van der Waals surface area contributed by atoms with Crippen LogP contribution in [0.25, 0.3) is 0 Å². The lowest BCUT2D eigenvalue weighted by atomic mass is 10.00. The molecule has 0 aliphatic carbocycles. The first-order valence-corrected chi connectivity index (χ1v) is 9.56. The summed E-state index contributed by atoms with van der Waals surface area (Å²) in [7, 11) is 0. The van der Waals surface area contributed by atoms with Crippen LogP contribution in [0.15, 0.2) is 48.7 Å². The van der Waals surface area contributed by atoms with Gasteiger partial charge in [0.05, 0.1) is 6.04 Å². The molecule has 0 spiro atoms. The van der Waals surface area contributed by atoms with Crippen LogP contribution in [0.1, 0.15) is 38.1 Å². The highest BCUT2D eigenvalue weighted by Gasteiger charge is 2.33. The predicted octanol–water partition coefficient (Wildman–Crippen LogP) is 2.86. The normalized spacial score (nSPS) is 16.1. The van der Waals surface area contributed by atoms with Crippen LogP contribution in [0, 0.1) is 0 Å². The van der Waals surface area contributed by atoms with Crippen LogP contribution < -0.4 is 5.32 Å². The highest BCUT2D eigenvalue weighted by Crippen LogP contribution is 2.32. The molecule has 2 heterocycles. The zero-order valence-electron chi connectivity index (χ0n) is 16.3. The summed E-state index contributed by atoms with van der Waals surface area (Å²) in [5.41, 5.74) is 2.19. The van der Waals surface area contributed by atoms with E-state index in [9.17, 15) is 9.59 Å². The van der Waals surface area contributed by atoms with Gasteiger partial charge >= 0.3 is 6.03 Å². The van der Waals surface area contributed by atoms with E-state index < -0.39 is 0 Å². The molecule has 0 saturated heterocycles. The minimum Gasteiger partial charge on any atom is -0.348 e. The van der Waals surface area contributed by atoms with Gasteiger partial charge in [0.2, 0.25) is 5.91 Å². The molecular weight excluding hydrogens is 340 g/mol. The average Bonchev–Trinajstić information content (AvgIpc) is 3.14. The Morgan fingerprint density at radius 1 is 1.15 bits per heavy atom. The van der Waals surface area contributed by atoms with E-state index >= 15 is 0 Å². The zero-order valence-corrected chi connectivity index (χ0v) is 16.3. The lowest BCUT2D eigenvalue weighted by Crippen LogP contribution is -2.51. The first kappa shape index (κ1) is 19.0. The number of nitrogens with zero attached hydrogens (tertiary/aromatic N) is 3. The quantitative estimate of drug-likeness (QED) is 0.882. The average molecular weight is 368 g/mol. The molecule has 6 nitrogen and oxygen atoms in total. The Hall–Kier alpha value is -2.76. The molecule has 0 radical (unpaired) electrons. The standard InChI is InChI=1S/C21H28N4O2/c1-4-22-21(27)25(16(2)3)15-19(26)24-14-13-23-12-8-11-18(23)20(24)17-9-6-5-7-10-17/h5-12,16,20H,4,13-15H2,1-3H3,(H,22,27). The number of benzene rings is 1. The molecule has 1 unspecified atom stereocenters. The van der Waals surface area contributed by atoms with Gasteiger partial charge < -0.3 is 19.7 Å². The minimum absolute atomic E-state index is 0.0312. The number of carbonyl (C=O) groups excluding carboxylic acids is 2. The lowest BCUT2D eigenvalue weighted by molar-refractivity contribution is -0.134. The second kappa shape index (κ2) is 8.29. The van der Waals surface area contributed by atoms with Crippen LogP contribution in [-0.2, 0) is 11.3 Å². The van der Waals surface area contributed by atoms with Crippen LogP contribution in [0.4, 0.5) is 4.79 Å². The van der Waals surface area contributed by atoms with Crippen LogP contribution >= 0.6 is 0 Å². The molecule has 3 amide bonds. The van der Waals surface area contributed by atoms with Crippen molar-refractivity contribution in [2.45, 2.75) is 39.4 Å². The summed E-state index contributed by atoms with van der Waals surface area (Å²) in [6.07, 6.45) is 2.06. The van der Waals surface area contributed by atoms with Crippen LogP contribution in [0.3, 0.4) is 0 Å². The fourth-order valence-corrected chi connectivity index (χ4v) is 3.62. The largest absolute Gasteiger partial charge is 0.348 e. The van der Waals surface area contributed by atoms with E-state index in [0.717, 1.165) is 17.8 Å². The molecule has 1 N–H and O–H groups in total. The molecule has 1 atom stereocenters. The fourth-order valence-electron chi connectivity index (χ4n) is 3.62. The third-order valence-electron chi connectivity index (χ3n) is 4.99. The third kappa shape index (κ3) is 3.99. The summed E-state index contributed by atoms with van der Waals surface area (Å²) in [5.74, 6) is -0.0312. The van der Waals surface area contributed by atoms with E-state index in [4.69, 9.17) is 0 Å². The Morgan fingerprint density at radius 3 is 2.56 bits per heavy atom. The van der Waals surface area contributed by atoms with Gasteiger partial charge in [-0.15, -0.1) is 0 Å². The summed E-state index contributed by atoms with van der Waals surface area (Å²) >= 11 is 0. The maximum Gasteiger partial charge on any atom is 0.318 e. The lowest BCUT2D eigenvalue weighted by Gasteiger charge is -2.39. The number of amides is 3. The number of hydrogen-bond donors (Lipinski definition) is 1. The number of hydrogen-bond acceptors (Lipinski definition) is 2. The molecule has 144 valence electrons. The van der Waals surface area contributed by atoms with Crippen LogP contribution in [-0.4, -0.2) is 52.0 Å². The van der Waals surface area contributed by atoms with Gasteiger partial charge in [0, 0.05) is 37.6 Å². The summed E-state index contributed by atoms with van der Waals surface area (Å²) in [4.78, 5) is 29.1. The molecule has 0 bridgehead atoms. The number of nitrogens with one attached hydrogen (secondary N) is 1. The van der Waals surface area contributed by atoms with E-state index in [0.29, 0.717) is 13.1 Å². The monoisotopic (exact) mass is 368 g/mol. The minimum atomic E-state index is -0.197. The number of carbonyl (C=O) groups is 2. The molecule has 0 saturated carbocycles. The van der Waals surface area contributed by atoms with Crippen LogP contribution in [0.2, 0.25) is 0 Å². The van der Waals surface area contributed by atoms with E-state index in [1.54, 1.807) is 4.90 Å². The number of fused-ring (bicyclic) bond motifs is 1. The molecule has 6 heteroatoms. The second-order valence-electron chi connectivity index (χ2n) is 7.08. The van der Waals surface area contributed by atoms with Crippen molar-refractivity contribution in [2.75, 3.05) is 19.6 Å². The molecule has 2 aromatic rings. The SMILES string of the molecule is CCNC(=O)N(CC(=O)N1CCn2cccc2C1c1ccccc1)C(C)C. The molecule has 1 aliphatic rings. The Bertz CT molecular complexity index is 784. The van der Waals surface area contributed by atoms with Crippen molar-refractivity contribution in [3.63, 3.8) is 0 Å². The number of urea groups is 1. The van der Waals surface area contributed by atoms with Crippen molar-refractivity contribution in [1.82, 2.24) is 19.7 Å². The molecule has 1 aromatic carbocycles. The number of aromatic nitrogens is 1. The van der Waals surface area contributed by atoms with Crippen molar-refractivity contribution in [3.05, 3.63) is 59.9 Å². The summed E-state index contributed by atoms with van der Waals surface area (Å²) in [6, 6.07) is 13.8. The molecular formula is C21H28N4O2. The van der Waals surface area contributed by atoms with Gasteiger partial charge in [-0.3, -0.25) is 4.79 Å². The molecule has 1 aromatic heterocycles. The second-order valence-corrected chi connectivity index (χ2v) is 7.08. The molecule has 1 aliphatic heterocycles. The highest BCUT2D eigenvalue weighted by molar-refractivity contribution is 5.85. The third-order valence-corrected chi connectivity index (χ3v) is 4.99. The Balaban J connectivity index is 1.87.